The molecule has 0 aromatic heterocycles. The number of hydrogen-bond acceptors (Lipinski definition) is 1. The first-order chi connectivity index (χ1) is 5.68. The van der Waals surface area contributed by atoms with Gasteiger partial charge in [0.05, 0.1) is 0 Å². The van der Waals surface area contributed by atoms with Crippen LogP contribution in [0, 0.1) is 17.8 Å². The summed E-state index contributed by atoms with van der Waals surface area (Å²) >= 11 is 0. The molecular weight excluding hydrogens is 148 g/mol. The van der Waals surface area contributed by atoms with Crippen molar-refractivity contribution >= 4 is 5.78 Å². The Morgan fingerprint density at radius 2 is 2.25 bits per heavy atom. The van der Waals surface area contributed by atoms with Crippen LogP contribution in [0.4, 0.5) is 0 Å². The Morgan fingerprint density at radius 1 is 1.50 bits per heavy atom. The number of Topliss-reactive ketones (excluding diaryl/α,β-unsaturated/α-hetero) is 1. The maximum Gasteiger partial charge on any atom is 0.140 e. The predicted octanol–water partition coefficient (Wildman–Crippen LogP) is 2.57. The molecule has 0 heterocycles. The summed E-state index contributed by atoms with van der Waals surface area (Å²) in [4.78, 5) is 11.4. The molecule has 0 spiro atoms. The summed E-state index contributed by atoms with van der Waals surface area (Å²) in [5.74, 6) is 2.15. The van der Waals surface area contributed by atoms with Crippen molar-refractivity contribution < 1.29 is 4.79 Å². The third kappa shape index (κ3) is 1.12. The van der Waals surface area contributed by atoms with E-state index in [-0.39, 0.29) is 0 Å². The summed E-state index contributed by atoms with van der Waals surface area (Å²) in [5.41, 5.74) is 1.42. The summed E-state index contributed by atoms with van der Waals surface area (Å²) in [6.07, 6.45) is 5.41. The van der Waals surface area contributed by atoms with Gasteiger partial charge in [-0.05, 0) is 31.6 Å². The summed E-state index contributed by atoms with van der Waals surface area (Å²) < 4.78 is 0. The van der Waals surface area contributed by atoms with E-state index in [1.165, 1.54) is 12.0 Å². The van der Waals surface area contributed by atoms with E-state index in [0.717, 1.165) is 12.8 Å². The first-order valence-corrected chi connectivity index (χ1v) is 4.89. The molecule has 2 rings (SSSR count). The standard InChI is InChI=1S/C11H16O/c1-7-5-9-3-4-11(12)10(9)6-8(7)2/h6-7,9-10H,3-5H2,1-2H3/t7-,9-,10+/m0/s1. The maximum atomic E-state index is 11.4. The molecule has 0 bridgehead atoms. The highest BCUT2D eigenvalue weighted by Crippen LogP contribution is 2.40. The Labute approximate surface area is 73.8 Å². The van der Waals surface area contributed by atoms with Crippen LogP contribution in [0.3, 0.4) is 0 Å². The minimum atomic E-state index is 0.293. The van der Waals surface area contributed by atoms with E-state index < -0.39 is 0 Å². The van der Waals surface area contributed by atoms with Gasteiger partial charge in [0.2, 0.25) is 0 Å². The van der Waals surface area contributed by atoms with Gasteiger partial charge in [-0.1, -0.05) is 18.6 Å². The van der Waals surface area contributed by atoms with Gasteiger partial charge in [0.15, 0.2) is 0 Å². The normalized spacial score (nSPS) is 41.0. The first kappa shape index (κ1) is 8.03. The van der Waals surface area contributed by atoms with Crippen LogP contribution in [0.1, 0.15) is 33.1 Å². The van der Waals surface area contributed by atoms with Crippen LogP contribution in [0.5, 0.6) is 0 Å². The third-order valence-electron chi connectivity index (χ3n) is 3.52. The van der Waals surface area contributed by atoms with Gasteiger partial charge in [0.1, 0.15) is 5.78 Å². The van der Waals surface area contributed by atoms with Crippen LogP contribution in [-0.2, 0) is 4.79 Å². The second kappa shape index (κ2) is 2.72. The summed E-state index contributed by atoms with van der Waals surface area (Å²) in [7, 11) is 0. The molecule has 2 aliphatic carbocycles. The molecule has 0 radical (unpaired) electrons. The Kier molecular flexibility index (Phi) is 1.82. The third-order valence-corrected chi connectivity index (χ3v) is 3.52. The van der Waals surface area contributed by atoms with Crippen molar-refractivity contribution in [3.05, 3.63) is 11.6 Å². The molecule has 2 aliphatic rings. The van der Waals surface area contributed by atoms with Crippen LogP contribution in [0.15, 0.2) is 11.6 Å². The average molecular weight is 164 g/mol. The van der Waals surface area contributed by atoms with Gasteiger partial charge in [-0.25, -0.2) is 0 Å². The molecule has 1 heteroatoms. The number of hydrogen-bond donors (Lipinski definition) is 0. The Hall–Kier alpha value is -0.590. The van der Waals surface area contributed by atoms with Crippen molar-refractivity contribution in [1.82, 2.24) is 0 Å². The topological polar surface area (TPSA) is 17.1 Å². The van der Waals surface area contributed by atoms with Gasteiger partial charge in [0.25, 0.3) is 0 Å². The van der Waals surface area contributed by atoms with Gasteiger partial charge in [-0.3, -0.25) is 4.79 Å². The van der Waals surface area contributed by atoms with E-state index >= 15 is 0 Å². The predicted molar refractivity (Wildman–Crippen MR) is 48.8 cm³/mol. The monoisotopic (exact) mass is 164 g/mol. The lowest BCUT2D eigenvalue weighted by molar-refractivity contribution is -0.120. The molecule has 0 aromatic carbocycles. The van der Waals surface area contributed by atoms with Gasteiger partial charge < -0.3 is 0 Å². The molecule has 0 aliphatic heterocycles. The maximum absolute atomic E-state index is 11.4. The van der Waals surface area contributed by atoms with Crippen molar-refractivity contribution in [1.29, 1.82) is 0 Å². The molecule has 0 N–H and O–H groups in total. The zero-order valence-electron chi connectivity index (χ0n) is 7.84. The molecule has 1 fully saturated rings. The van der Waals surface area contributed by atoms with E-state index in [1.807, 2.05) is 0 Å². The molecule has 1 saturated carbocycles. The molecule has 0 aromatic rings. The highest BCUT2D eigenvalue weighted by Gasteiger charge is 2.36. The lowest BCUT2D eigenvalue weighted by atomic mass is 9.78. The van der Waals surface area contributed by atoms with Crippen molar-refractivity contribution in [2.45, 2.75) is 33.1 Å². The number of ketones is 1. The van der Waals surface area contributed by atoms with E-state index in [0.29, 0.717) is 23.5 Å². The number of rotatable bonds is 0. The average Bonchev–Trinajstić information content (AvgIpc) is 2.35. The Balaban J connectivity index is 2.25. The van der Waals surface area contributed by atoms with Crippen molar-refractivity contribution in [2.24, 2.45) is 17.8 Å². The summed E-state index contributed by atoms with van der Waals surface area (Å²) in [6.45, 7) is 4.43. The van der Waals surface area contributed by atoms with Crippen LogP contribution < -0.4 is 0 Å². The molecule has 0 saturated heterocycles. The van der Waals surface area contributed by atoms with Gasteiger partial charge in [-0.15, -0.1) is 0 Å². The van der Waals surface area contributed by atoms with Gasteiger partial charge in [0, 0.05) is 12.3 Å². The Bertz CT molecular complexity index is 239. The molecule has 12 heavy (non-hydrogen) atoms. The van der Waals surface area contributed by atoms with Crippen LogP contribution >= 0.6 is 0 Å². The lowest BCUT2D eigenvalue weighted by Gasteiger charge is -2.27. The van der Waals surface area contributed by atoms with E-state index in [4.69, 9.17) is 0 Å². The van der Waals surface area contributed by atoms with Crippen molar-refractivity contribution in [3.63, 3.8) is 0 Å². The molecule has 0 unspecified atom stereocenters. The summed E-state index contributed by atoms with van der Waals surface area (Å²) in [5, 5.41) is 0. The smallest absolute Gasteiger partial charge is 0.140 e. The first-order valence-electron chi connectivity index (χ1n) is 4.89. The quantitative estimate of drug-likeness (QED) is 0.503. The largest absolute Gasteiger partial charge is 0.299 e. The van der Waals surface area contributed by atoms with Crippen molar-refractivity contribution in [2.75, 3.05) is 0 Å². The lowest BCUT2D eigenvalue weighted by Crippen LogP contribution is -2.20. The van der Waals surface area contributed by atoms with E-state index in [2.05, 4.69) is 19.9 Å². The van der Waals surface area contributed by atoms with Crippen LogP contribution in [0.2, 0.25) is 0 Å². The highest BCUT2D eigenvalue weighted by molar-refractivity contribution is 5.85. The minimum Gasteiger partial charge on any atom is -0.299 e. The molecule has 3 atom stereocenters. The zero-order valence-corrected chi connectivity index (χ0v) is 7.84. The molecule has 1 nitrogen and oxygen atoms in total. The Morgan fingerprint density at radius 3 is 3.00 bits per heavy atom. The minimum absolute atomic E-state index is 0.293. The fourth-order valence-corrected chi connectivity index (χ4v) is 2.52. The SMILES string of the molecule is CC1=C[C@H]2C(=O)CC[C@H]2C[C@@H]1C. The van der Waals surface area contributed by atoms with Crippen LogP contribution in [0.25, 0.3) is 0 Å². The second-order valence-corrected chi connectivity index (χ2v) is 4.34. The number of allylic oxidation sites excluding steroid dienone is 2. The molecule has 66 valence electrons. The second-order valence-electron chi connectivity index (χ2n) is 4.34. The number of carbonyl (C=O) groups is 1. The zero-order chi connectivity index (χ0) is 8.72. The van der Waals surface area contributed by atoms with E-state index in [1.54, 1.807) is 0 Å². The van der Waals surface area contributed by atoms with Gasteiger partial charge >= 0.3 is 0 Å². The number of carbonyl (C=O) groups excluding carboxylic acids is 1. The summed E-state index contributed by atoms with van der Waals surface area (Å²) in [6, 6.07) is 0. The highest BCUT2D eigenvalue weighted by atomic mass is 16.1. The number of fused-ring (bicyclic) bond motifs is 1. The van der Waals surface area contributed by atoms with Crippen LogP contribution in [-0.4, -0.2) is 5.78 Å². The van der Waals surface area contributed by atoms with E-state index in [9.17, 15) is 4.79 Å². The van der Waals surface area contributed by atoms with Gasteiger partial charge in [-0.2, -0.15) is 0 Å². The molecular formula is C11H16O. The van der Waals surface area contributed by atoms with Crippen molar-refractivity contribution in [3.8, 4) is 0 Å². The fourth-order valence-electron chi connectivity index (χ4n) is 2.52. The fraction of sp³-hybridized carbons (Fsp3) is 0.727. The molecule has 0 amide bonds.